The molecule has 1 aromatic heterocycles. The molecular formula is C10H18N4O. The van der Waals surface area contributed by atoms with Gasteiger partial charge in [-0.2, -0.15) is 5.10 Å². The first-order valence-corrected chi connectivity index (χ1v) is 5.51. The van der Waals surface area contributed by atoms with E-state index >= 15 is 0 Å². The van der Waals surface area contributed by atoms with Crippen molar-refractivity contribution >= 4 is 0 Å². The second-order valence-corrected chi connectivity index (χ2v) is 4.68. The van der Waals surface area contributed by atoms with Crippen molar-refractivity contribution in [2.75, 3.05) is 0 Å². The predicted molar refractivity (Wildman–Crippen MR) is 57.6 cm³/mol. The van der Waals surface area contributed by atoms with Gasteiger partial charge in [0.2, 0.25) is 0 Å². The Kier molecular flexibility index (Phi) is 2.42. The third-order valence-electron chi connectivity index (χ3n) is 3.16. The highest BCUT2D eigenvalue weighted by Gasteiger charge is 2.36. The fourth-order valence-corrected chi connectivity index (χ4v) is 2.36. The summed E-state index contributed by atoms with van der Waals surface area (Å²) < 4.78 is 1.67. The van der Waals surface area contributed by atoms with E-state index in [1.807, 2.05) is 13.8 Å². The fourth-order valence-electron chi connectivity index (χ4n) is 2.36. The predicted octanol–water partition coefficient (Wildman–Crippen LogP) is 0.880. The van der Waals surface area contributed by atoms with Crippen LogP contribution in [0.2, 0.25) is 0 Å². The van der Waals surface area contributed by atoms with Crippen molar-refractivity contribution in [2.45, 2.75) is 51.1 Å². The smallest absolute Gasteiger partial charge is 0.319 e. The largest absolute Gasteiger partial charge is 0.343 e. The first-order valence-electron chi connectivity index (χ1n) is 5.51. The molecule has 1 saturated carbocycles. The van der Waals surface area contributed by atoms with Gasteiger partial charge in [0.05, 0.1) is 5.54 Å². The van der Waals surface area contributed by atoms with Gasteiger partial charge in [-0.15, -0.1) is 0 Å². The highest BCUT2D eigenvalue weighted by Crippen LogP contribution is 2.35. The molecule has 3 N–H and O–H groups in total. The number of aromatic amines is 1. The minimum atomic E-state index is -0.399. The Morgan fingerprint density at radius 1 is 1.47 bits per heavy atom. The van der Waals surface area contributed by atoms with E-state index in [0.29, 0.717) is 0 Å². The van der Waals surface area contributed by atoms with Gasteiger partial charge in [-0.25, -0.2) is 9.89 Å². The first kappa shape index (κ1) is 10.4. The van der Waals surface area contributed by atoms with Gasteiger partial charge < -0.3 is 5.73 Å². The Hall–Kier alpha value is -1.10. The van der Waals surface area contributed by atoms with Crippen molar-refractivity contribution < 1.29 is 0 Å². The van der Waals surface area contributed by atoms with E-state index in [9.17, 15) is 4.79 Å². The van der Waals surface area contributed by atoms with E-state index < -0.39 is 5.54 Å². The van der Waals surface area contributed by atoms with E-state index in [1.54, 1.807) is 4.57 Å². The lowest BCUT2D eigenvalue weighted by Crippen LogP contribution is -2.38. The highest BCUT2D eigenvalue weighted by atomic mass is 16.1. The molecule has 0 radical (unpaired) electrons. The Morgan fingerprint density at radius 2 is 2.07 bits per heavy atom. The van der Waals surface area contributed by atoms with Crippen LogP contribution in [-0.2, 0) is 5.54 Å². The van der Waals surface area contributed by atoms with Crippen LogP contribution < -0.4 is 11.4 Å². The monoisotopic (exact) mass is 210 g/mol. The van der Waals surface area contributed by atoms with Crippen LogP contribution in [0.25, 0.3) is 0 Å². The molecule has 0 atom stereocenters. The van der Waals surface area contributed by atoms with Gasteiger partial charge in [0.15, 0.2) is 5.82 Å². The Morgan fingerprint density at radius 3 is 2.60 bits per heavy atom. The van der Waals surface area contributed by atoms with Gasteiger partial charge in [-0.3, -0.25) is 4.57 Å². The van der Waals surface area contributed by atoms with Gasteiger partial charge in [-0.1, -0.05) is 12.8 Å². The zero-order chi connectivity index (χ0) is 11.1. The van der Waals surface area contributed by atoms with E-state index in [0.717, 1.165) is 31.5 Å². The summed E-state index contributed by atoms with van der Waals surface area (Å²) in [6.07, 6.45) is 4.08. The number of H-pyrrole nitrogens is 1. The third kappa shape index (κ3) is 1.61. The number of hydrogen-bond acceptors (Lipinski definition) is 3. The average Bonchev–Trinajstić information content (AvgIpc) is 2.72. The maximum Gasteiger partial charge on any atom is 0.343 e. The molecule has 0 bridgehead atoms. The van der Waals surface area contributed by atoms with Gasteiger partial charge in [0.1, 0.15) is 0 Å². The molecule has 0 spiro atoms. The lowest BCUT2D eigenvalue weighted by Gasteiger charge is -2.24. The number of rotatable bonds is 2. The fraction of sp³-hybridized carbons (Fsp3) is 0.800. The molecule has 1 fully saturated rings. The van der Waals surface area contributed by atoms with E-state index in [1.165, 1.54) is 0 Å². The molecule has 5 nitrogen and oxygen atoms in total. The maximum absolute atomic E-state index is 11.6. The van der Waals surface area contributed by atoms with Gasteiger partial charge in [-0.05, 0) is 26.7 Å². The highest BCUT2D eigenvalue weighted by molar-refractivity contribution is 5.08. The lowest BCUT2D eigenvalue weighted by atomic mass is 9.98. The average molecular weight is 210 g/mol. The second-order valence-electron chi connectivity index (χ2n) is 4.68. The number of nitrogens with one attached hydrogen (secondary N) is 1. The molecule has 1 aliphatic rings. The minimum absolute atomic E-state index is 0.104. The van der Waals surface area contributed by atoms with Crippen LogP contribution in [0.1, 0.15) is 51.4 Å². The molecule has 1 aliphatic carbocycles. The topological polar surface area (TPSA) is 76.7 Å². The van der Waals surface area contributed by atoms with Crippen LogP contribution in [0.5, 0.6) is 0 Å². The standard InChI is InChI=1S/C10H18N4O/c1-7(2)14-8(12-13-9(14)15)10(11)5-3-4-6-10/h7H,3-6,11H2,1-2H3,(H,13,15). The van der Waals surface area contributed by atoms with Crippen LogP contribution in [0, 0.1) is 0 Å². The Bertz CT molecular complexity index is 398. The molecule has 0 aromatic carbocycles. The normalized spacial score (nSPS) is 20.0. The van der Waals surface area contributed by atoms with Crippen LogP contribution in [0.15, 0.2) is 4.79 Å². The zero-order valence-electron chi connectivity index (χ0n) is 9.29. The lowest BCUT2D eigenvalue weighted by molar-refractivity contribution is 0.390. The SMILES string of the molecule is CC(C)n1c(C2(N)CCCC2)n[nH]c1=O. The van der Waals surface area contributed by atoms with E-state index in [2.05, 4.69) is 10.2 Å². The van der Waals surface area contributed by atoms with E-state index in [4.69, 9.17) is 5.73 Å². The summed E-state index contributed by atoms with van der Waals surface area (Å²) >= 11 is 0. The van der Waals surface area contributed by atoms with Crippen molar-refractivity contribution in [3.05, 3.63) is 16.3 Å². The maximum atomic E-state index is 11.6. The summed E-state index contributed by atoms with van der Waals surface area (Å²) in [6.45, 7) is 3.94. The number of nitrogens with zero attached hydrogens (tertiary/aromatic N) is 2. The second kappa shape index (κ2) is 3.48. The van der Waals surface area contributed by atoms with Crippen LogP contribution >= 0.6 is 0 Å². The van der Waals surface area contributed by atoms with Crippen molar-refractivity contribution in [3.8, 4) is 0 Å². The van der Waals surface area contributed by atoms with Crippen molar-refractivity contribution in [1.29, 1.82) is 0 Å². The number of hydrogen-bond donors (Lipinski definition) is 2. The molecule has 0 unspecified atom stereocenters. The summed E-state index contributed by atoms with van der Waals surface area (Å²) in [5.41, 5.74) is 5.73. The van der Waals surface area contributed by atoms with Crippen molar-refractivity contribution in [3.63, 3.8) is 0 Å². The van der Waals surface area contributed by atoms with Crippen LogP contribution in [-0.4, -0.2) is 14.8 Å². The molecule has 0 aliphatic heterocycles. The molecule has 1 heterocycles. The summed E-state index contributed by atoms with van der Waals surface area (Å²) in [6, 6.07) is 0.104. The van der Waals surface area contributed by atoms with Crippen LogP contribution in [0.4, 0.5) is 0 Å². The van der Waals surface area contributed by atoms with Crippen LogP contribution in [0.3, 0.4) is 0 Å². The van der Waals surface area contributed by atoms with Gasteiger partial charge in [0.25, 0.3) is 0 Å². The molecule has 0 saturated heterocycles. The summed E-state index contributed by atoms with van der Waals surface area (Å²) in [5, 5.41) is 6.59. The van der Waals surface area contributed by atoms with Crippen molar-refractivity contribution in [2.24, 2.45) is 5.73 Å². The molecular weight excluding hydrogens is 192 g/mol. The molecule has 2 rings (SSSR count). The summed E-state index contributed by atoms with van der Waals surface area (Å²) in [7, 11) is 0. The first-order chi connectivity index (χ1) is 7.04. The van der Waals surface area contributed by atoms with Gasteiger partial charge >= 0.3 is 5.69 Å². The molecule has 15 heavy (non-hydrogen) atoms. The Labute approximate surface area is 88.7 Å². The minimum Gasteiger partial charge on any atom is -0.319 e. The molecule has 5 heteroatoms. The zero-order valence-corrected chi connectivity index (χ0v) is 9.29. The molecule has 1 aromatic rings. The third-order valence-corrected chi connectivity index (χ3v) is 3.16. The summed E-state index contributed by atoms with van der Waals surface area (Å²) in [5.74, 6) is 0.722. The number of nitrogens with two attached hydrogens (primary N) is 1. The molecule has 0 amide bonds. The number of aromatic nitrogens is 3. The van der Waals surface area contributed by atoms with Crippen molar-refractivity contribution in [1.82, 2.24) is 14.8 Å². The molecule has 84 valence electrons. The quantitative estimate of drug-likeness (QED) is 0.760. The summed E-state index contributed by atoms with van der Waals surface area (Å²) in [4.78, 5) is 11.6. The van der Waals surface area contributed by atoms with E-state index in [-0.39, 0.29) is 11.7 Å². The van der Waals surface area contributed by atoms with Gasteiger partial charge in [0, 0.05) is 6.04 Å². The Balaban J connectivity index is 2.48.